The lowest BCUT2D eigenvalue weighted by molar-refractivity contribution is -0.140. The highest BCUT2D eigenvalue weighted by atomic mass is 19.1. The van der Waals surface area contributed by atoms with Crippen LogP contribution in [0.1, 0.15) is 31.2 Å². The molecule has 0 aliphatic carbocycles. The molecule has 0 radical (unpaired) electrons. The summed E-state index contributed by atoms with van der Waals surface area (Å²) < 4.78 is 18.7. The molecule has 28 heavy (non-hydrogen) atoms. The van der Waals surface area contributed by atoms with Crippen LogP contribution in [0.2, 0.25) is 0 Å². The zero-order valence-corrected chi connectivity index (χ0v) is 15.9. The van der Waals surface area contributed by atoms with Crippen molar-refractivity contribution in [3.63, 3.8) is 0 Å². The molecule has 0 spiro atoms. The van der Waals surface area contributed by atoms with Crippen LogP contribution in [0.5, 0.6) is 0 Å². The molecule has 1 aromatic carbocycles. The standard InChI is InChI=1S/C21H23FN2O4/c1-3-23(4-2)11-12-24-18(16-6-5-13-28-16)17(20(26)21(24)27)19(25)14-7-9-15(22)10-8-14/h5-10,13,18,25H,3-4,11-12H2,1-2H3/b19-17+/t18-/m1/s1. The van der Waals surface area contributed by atoms with E-state index in [4.69, 9.17) is 4.42 Å². The van der Waals surface area contributed by atoms with Crippen molar-refractivity contribution in [2.75, 3.05) is 26.2 Å². The third-order valence-electron chi connectivity index (χ3n) is 5.02. The highest BCUT2D eigenvalue weighted by Crippen LogP contribution is 2.39. The van der Waals surface area contributed by atoms with Crippen LogP contribution in [-0.4, -0.2) is 52.8 Å². The molecule has 1 N–H and O–H groups in total. The number of Topliss-reactive ketones (excluding diaryl/α,β-unsaturated/α-hetero) is 1. The third kappa shape index (κ3) is 3.71. The van der Waals surface area contributed by atoms with Crippen LogP contribution in [-0.2, 0) is 9.59 Å². The van der Waals surface area contributed by atoms with Crippen molar-refractivity contribution in [3.8, 4) is 0 Å². The maximum Gasteiger partial charge on any atom is 0.295 e. The van der Waals surface area contributed by atoms with Gasteiger partial charge < -0.3 is 19.3 Å². The smallest absolute Gasteiger partial charge is 0.295 e. The van der Waals surface area contributed by atoms with Crippen LogP contribution in [0.4, 0.5) is 4.39 Å². The van der Waals surface area contributed by atoms with Gasteiger partial charge in [0.05, 0.1) is 11.8 Å². The summed E-state index contributed by atoms with van der Waals surface area (Å²) in [5.41, 5.74) is 0.214. The van der Waals surface area contributed by atoms with Gasteiger partial charge in [-0.1, -0.05) is 13.8 Å². The fourth-order valence-electron chi connectivity index (χ4n) is 3.41. The predicted octanol–water partition coefficient (Wildman–Crippen LogP) is 3.18. The van der Waals surface area contributed by atoms with Crippen LogP contribution in [0, 0.1) is 5.82 Å². The number of likely N-dealkylation sites (tertiary alicyclic amines) is 1. The molecular weight excluding hydrogens is 363 g/mol. The maximum atomic E-state index is 13.2. The number of furan rings is 1. The van der Waals surface area contributed by atoms with E-state index in [0.717, 1.165) is 13.1 Å². The summed E-state index contributed by atoms with van der Waals surface area (Å²) in [5.74, 6) is -1.87. The Bertz CT molecular complexity index is 870. The Kier molecular flexibility index (Phi) is 5.94. The number of hydrogen-bond acceptors (Lipinski definition) is 5. The number of amides is 1. The minimum Gasteiger partial charge on any atom is -0.507 e. The molecule has 1 aromatic heterocycles. The lowest BCUT2D eigenvalue weighted by Gasteiger charge is -2.26. The summed E-state index contributed by atoms with van der Waals surface area (Å²) in [4.78, 5) is 29.0. The molecule has 1 amide bonds. The largest absolute Gasteiger partial charge is 0.507 e. The van der Waals surface area contributed by atoms with Gasteiger partial charge in [0.25, 0.3) is 11.7 Å². The molecule has 2 aromatic rings. The van der Waals surface area contributed by atoms with Crippen LogP contribution in [0.3, 0.4) is 0 Å². The molecule has 1 aliphatic heterocycles. The van der Waals surface area contributed by atoms with Gasteiger partial charge in [0.1, 0.15) is 23.4 Å². The van der Waals surface area contributed by atoms with Gasteiger partial charge in [-0.25, -0.2) is 4.39 Å². The lowest BCUT2D eigenvalue weighted by atomic mass is 9.99. The van der Waals surface area contributed by atoms with Gasteiger partial charge in [-0.05, 0) is 49.5 Å². The zero-order chi connectivity index (χ0) is 20.3. The molecule has 0 saturated carbocycles. The van der Waals surface area contributed by atoms with Crippen molar-refractivity contribution >= 4 is 17.4 Å². The number of likely N-dealkylation sites (N-methyl/N-ethyl adjacent to an activating group) is 1. The predicted molar refractivity (Wildman–Crippen MR) is 102 cm³/mol. The van der Waals surface area contributed by atoms with E-state index in [9.17, 15) is 19.1 Å². The molecule has 0 bridgehead atoms. The number of carbonyl (C=O) groups excluding carboxylic acids is 2. The van der Waals surface area contributed by atoms with E-state index in [1.54, 1.807) is 12.1 Å². The molecule has 0 unspecified atom stereocenters. The lowest BCUT2D eigenvalue weighted by Crippen LogP contribution is -2.37. The van der Waals surface area contributed by atoms with Gasteiger partial charge in [0.15, 0.2) is 0 Å². The van der Waals surface area contributed by atoms with Gasteiger partial charge >= 0.3 is 0 Å². The summed E-state index contributed by atoms with van der Waals surface area (Å²) in [7, 11) is 0. The Hall–Kier alpha value is -2.93. The monoisotopic (exact) mass is 386 g/mol. The normalized spacial score (nSPS) is 19.0. The minimum absolute atomic E-state index is 0.0499. The van der Waals surface area contributed by atoms with Gasteiger partial charge in [-0.2, -0.15) is 0 Å². The van der Waals surface area contributed by atoms with E-state index >= 15 is 0 Å². The second-order valence-electron chi connectivity index (χ2n) is 6.54. The van der Waals surface area contributed by atoms with Crippen LogP contribution < -0.4 is 0 Å². The number of hydrogen-bond donors (Lipinski definition) is 1. The summed E-state index contributed by atoms with van der Waals surface area (Å²) in [6.45, 7) is 6.60. The number of ketones is 1. The van der Waals surface area contributed by atoms with Crippen LogP contribution in [0.15, 0.2) is 52.7 Å². The molecular formula is C21H23FN2O4. The number of nitrogens with zero attached hydrogens (tertiary/aromatic N) is 2. The van der Waals surface area contributed by atoms with E-state index in [1.807, 2.05) is 13.8 Å². The van der Waals surface area contributed by atoms with Gasteiger partial charge in [-0.15, -0.1) is 0 Å². The summed E-state index contributed by atoms with van der Waals surface area (Å²) >= 11 is 0. The highest BCUT2D eigenvalue weighted by Gasteiger charge is 2.47. The van der Waals surface area contributed by atoms with Crippen molar-refractivity contribution in [2.45, 2.75) is 19.9 Å². The average Bonchev–Trinajstić information content (AvgIpc) is 3.31. The number of carbonyl (C=O) groups is 2. The van der Waals surface area contributed by atoms with E-state index in [1.165, 1.54) is 35.4 Å². The fraction of sp³-hybridized carbons (Fsp3) is 0.333. The molecule has 7 heteroatoms. The van der Waals surface area contributed by atoms with E-state index in [0.29, 0.717) is 18.8 Å². The Morgan fingerprint density at radius 3 is 2.43 bits per heavy atom. The van der Waals surface area contributed by atoms with Gasteiger partial charge in [-0.3, -0.25) is 9.59 Å². The summed E-state index contributed by atoms with van der Waals surface area (Å²) in [6.07, 6.45) is 1.46. The van der Waals surface area contributed by atoms with Crippen molar-refractivity contribution in [2.24, 2.45) is 0 Å². The molecule has 1 saturated heterocycles. The summed E-state index contributed by atoms with van der Waals surface area (Å²) in [5, 5.41) is 10.8. The van der Waals surface area contributed by atoms with E-state index in [2.05, 4.69) is 4.90 Å². The molecule has 148 valence electrons. The van der Waals surface area contributed by atoms with Gasteiger partial charge in [0, 0.05) is 18.7 Å². The first-order valence-electron chi connectivity index (χ1n) is 9.28. The maximum absolute atomic E-state index is 13.2. The topological polar surface area (TPSA) is 74.0 Å². The quantitative estimate of drug-likeness (QED) is 0.449. The number of rotatable bonds is 7. The van der Waals surface area contributed by atoms with Crippen molar-refractivity contribution in [1.82, 2.24) is 9.80 Å². The Morgan fingerprint density at radius 1 is 1.18 bits per heavy atom. The molecule has 2 heterocycles. The molecule has 3 rings (SSSR count). The summed E-state index contributed by atoms with van der Waals surface area (Å²) in [6, 6.07) is 7.62. The van der Waals surface area contributed by atoms with Crippen LogP contribution in [0.25, 0.3) is 5.76 Å². The fourth-order valence-corrected chi connectivity index (χ4v) is 3.41. The van der Waals surface area contributed by atoms with Crippen molar-refractivity contribution in [1.29, 1.82) is 0 Å². The number of aliphatic hydroxyl groups is 1. The second-order valence-corrected chi connectivity index (χ2v) is 6.54. The average molecular weight is 386 g/mol. The molecule has 1 aliphatic rings. The minimum atomic E-state index is -0.824. The van der Waals surface area contributed by atoms with E-state index in [-0.39, 0.29) is 16.9 Å². The van der Waals surface area contributed by atoms with Crippen LogP contribution >= 0.6 is 0 Å². The third-order valence-corrected chi connectivity index (χ3v) is 5.02. The zero-order valence-electron chi connectivity index (χ0n) is 15.9. The first kappa shape index (κ1) is 19.8. The second kappa shape index (κ2) is 8.39. The van der Waals surface area contributed by atoms with Gasteiger partial charge in [0.2, 0.25) is 0 Å². The highest BCUT2D eigenvalue weighted by molar-refractivity contribution is 6.46. The van der Waals surface area contributed by atoms with Crippen molar-refractivity contribution in [3.05, 3.63) is 65.4 Å². The Labute approximate surface area is 162 Å². The molecule has 1 fully saturated rings. The molecule has 1 atom stereocenters. The number of aliphatic hydroxyl groups excluding tert-OH is 1. The first-order chi connectivity index (χ1) is 13.5. The Morgan fingerprint density at radius 2 is 1.86 bits per heavy atom. The number of halogens is 1. The van der Waals surface area contributed by atoms with E-state index < -0.39 is 23.5 Å². The van der Waals surface area contributed by atoms with Crippen molar-refractivity contribution < 1.29 is 23.5 Å². The Balaban J connectivity index is 2.03. The SMILES string of the molecule is CCN(CC)CCN1C(=O)C(=O)/C(=C(/O)c2ccc(F)cc2)[C@H]1c1ccco1. The molecule has 6 nitrogen and oxygen atoms in total. The number of benzene rings is 1. The first-order valence-corrected chi connectivity index (χ1v) is 9.28.